The van der Waals surface area contributed by atoms with E-state index in [9.17, 15) is 9.59 Å². The molecule has 1 amide bonds. The molecule has 0 radical (unpaired) electrons. The number of benzene rings is 2. The third-order valence-electron chi connectivity index (χ3n) is 3.91. The predicted octanol–water partition coefficient (Wildman–Crippen LogP) is 2.75. The quantitative estimate of drug-likeness (QED) is 0.686. The molecule has 1 N–H and O–H groups in total. The molecule has 6 heteroatoms. The number of carbonyl (C=O) groups excluding carboxylic acids is 2. The van der Waals surface area contributed by atoms with E-state index in [4.69, 9.17) is 14.2 Å². The van der Waals surface area contributed by atoms with Crippen LogP contribution < -0.4 is 14.8 Å². The summed E-state index contributed by atoms with van der Waals surface area (Å²) in [6.45, 7) is 3.61. The molecule has 0 saturated heterocycles. The summed E-state index contributed by atoms with van der Waals surface area (Å²) in [6, 6.07) is 15.6. The van der Waals surface area contributed by atoms with Crippen LogP contribution in [0.2, 0.25) is 0 Å². The molecule has 0 aliphatic carbocycles. The second kappa shape index (κ2) is 10.2. The molecule has 2 aromatic rings. The molecule has 0 fully saturated rings. The maximum absolute atomic E-state index is 12.5. The van der Waals surface area contributed by atoms with Gasteiger partial charge in [0, 0.05) is 6.42 Å². The van der Waals surface area contributed by atoms with Crippen molar-refractivity contribution in [1.82, 2.24) is 5.32 Å². The van der Waals surface area contributed by atoms with E-state index in [1.54, 1.807) is 45.2 Å². The first kappa shape index (κ1) is 20.3. The Morgan fingerprint density at radius 3 is 2.22 bits per heavy atom. The van der Waals surface area contributed by atoms with Crippen LogP contribution in [0.4, 0.5) is 0 Å². The topological polar surface area (TPSA) is 73.9 Å². The second-order valence-corrected chi connectivity index (χ2v) is 5.94. The first-order valence-corrected chi connectivity index (χ1v) is 8.85. The van der Waals surface area contributed by atoms with Gasteiger partial charge in [0.2, 0.25) is 0 Å². The van der Waals surface area contributed by atoms with Crippen molar-refractivity contribution >= 4 is 11.9 Å². The third kappa shape index (κ3) is 6.33. The summed E-state index contributed by atoms with van der Waals surface area (Å²) >= 11 is 0. The summed E-state index contributed by atoms with van der Waals surface area (Å²) in [5, 5.41) is 2.73. The number of esters is 1. The average molecular weight is 371 g/mol. The van der Waals surface area contributed by atoms with E-state index in [1.165, 1.54) is 0 Å². The molecule has 27 heavy (non-hydrogen) atoms. The summed E-state index contributed by atoms with van der Waals surface area (Å²) in [6.07, 6.45) is -0.424. The predicted molar refractivity (Wildman–Crippen MR) is 102 cm³/mol. The van der Waals surface area contributed by atoms with E-state index in [0.717, 1.165) is 5.56 Å². The molecular weight excluding hydrogens is 346 g/mol. The van der Waals surface area contributed by atoms with Crippen LogP contribution in [0.3, 0.4) is 0 Å². The minimum Gasteiger partial charge on any atom is -0.497 e. The van der Waals surface area contributed by atoms with Crippen LogP contribution in [0.1, 0.15) is 19.4 Å². The molecule has 6 nitrogen and oxygen atoms in total. The van der Waals surface area contributed by atoms with Crippen molar-refractivity contribution in [1.29, 1.82) is 0 Å². The lowest BCUT2D eigenvalue weighted by Crippen LogP contribution is -2.48. The van der Waals surface area contributed by atoms with Gasteiger partial charge in [-0.3, -0.25) is 4.79 Å². The van der Waals surface area contributed by atoms with Gasteiger partial charge in [-0.15, -0.1) is 0 Å². The fourth-order valence-electron chi connectivity index (χ4n) is 2.49. The Hall–Kier alpha value is -3.02. The zero-order valence-corrected chi connectivity index (χ0v) is 15.8. The van der Waals surface area contributed by atoms with Crippen molar-refractivity contribution in [3.63, 3.8) is 0 Å². The van der Waals surface area contributed by atoms with E-state index >= 15 is 0 Å². The number of rotatable bonds is 9. The van der Waals surface area contributed by atoms with Gasteiger partial charge >= 0.3 is 5.97 Å². The van der Waals surface area contributed by atoms with Crippen molar-refractivity contribution in [2.45, 2.75) is 32.4 Å². The average Bonchev–Trinajstić information content (AvgIpc) is 2.69. The lowest BCUT2D eigenvalue weighted by Gasteiger charge is -2.20. The molecule has 2 rings (SSSR count). The van der Waals surface area contributed by atoms with Crippen molar-refractivity contribution < 1.29 is 23.8 Å². The Kier molecular flexibility index (Phi) is 7.67. The van der Waals surface area contributed by atoms with Gasteiger partial charge in [0.15, 0.2) is 6.10 Å². The van der Waals surface area contributed by atoms with Crippen LogP contribution in [0.15, 0.2) is 54.6 Å². The molecule has 0 saturated carbocycles. The molecule has 0 aliphatic rings. The number of amides is 1. The van der Waals surface area contributed by atoms with Crippen molar-refractivity contribution in [2.24, 2.45) is 0 Å². The van der Waals surface area contributed by atoms with E-state index in [2.05, 4.69) is 5.32 Å². The van der Waals surface area contributed by atoms with Crippen LogP contribution >= 0.6 is 0 Å². The Morgan fingerprint density at radius 2 is 1.63 bits per heavy atom. The van der Waals surface area contributed by atoms with Gasteiger partial charge in [0.1, 0.15) is 17.5 Å². The Labute approximate surface area is 159 Å². The highest BCUT2D eigenvalue weighted by atomic mass is 16.5. The fourth-order valence-corrected chi connectivity index (χ4v) is 2.49. The largest absolute Gasteiger partial charge is 0.497 e. The summed E-state index contributed by atoms with van der Waals surface area (Å²) < 4.78 is 15.8. The van der Waals surface area contributed by atoms with Gasteiger partial charge in [0.05, 0.1) is 13.7 Å². The molecule has 2 unspecified atom stereocenters. The Bertz CT molecular complexity index is 730. The monoisotopic (exact) mass is 371 g/mol. The molecule has 0 bridgehead atoms. The number of hydrogen-bond acceptors (Lipinski definition) is 5. The molecule has 0 spiro atoms. The van der Waals surface area contributed by atoms with E-state index in [0.29, 0.717) is 17.9 Å². The van der Waals surface area contributed by atoms with E-state index in [1.807, 2.05) is 30.3 Å². The highest BCUT2D eigenvalue weighted by molar-refractivity contribution is 5.87. The van der Waals surface area contributed by atoms with Crippen LogP contribution in [0.25, 0.3) is 0 Å². The van der Waals surface area contributed by atoms with Gasteiger partial charge in [-0.05, 0) is 43.7 Å². The maximum atomic E-state index is 12.5. The van der Waals surface area contributed by atoms with Crippen LogP contribution in [0, 0.1) is 0 Å². The normalized spacial score (nSPS) is 12.6. The lowest BCUT2D eigenvalue weighted by atomic mass is 10.1. The molecule has 2 aromatic carbocycles. The third-order valence-corrected chi connectivity index (χ3v) is 3.91. The van der Waals surface area contributed by atoms with Crippen molar-refractivity contribution in [3.05, 3.63) is 60.2 Å². The first-order valence-electron chi connectivity index (χ1n) is 8.85. The number of carbonyl (C=O) groups is 2. The summed E-state index contributed by atoms with van der Waals surface area (Å²) in [4.78, 5) is 24.8. The highest BCUT2D eigenvalue weighted by Gasteiger charge is 2.25. The van der Waals surface area contributed by atoms with Crippen LogP contribution in [0.5, 0.6) is 11.5 Å². The summed E-state index contributed by atoms with van der Waals surface area (Å²) in [7, 11) is 1.58. The smallest absolute Gasteiger partial charge is 0.328 e. The molecule has 0 aromatic heterocycles. The van der Waals surface area contributed by atoms with Gasteiger partial charge < -0.3 is 19.5 Å². The van der Waals surface area contributed by atoms with Crippen molar-refractivity contribution in [2.75, 3.05) is 13.7 Å². The molecule has 2 atom stereocenters. The molecule has 0 heterocycles. The number of methoxy groups -OCH3 is 1. The molecular formula is C21H25NO5. The molecule has 0 aliphatic heterocycles. The lowest BCUT2D eigenvalue weighted by molar-refractivity contribution is -0.148. The standard InChI is InChI=1S/C21H25NO5/c1-4-26-21(24)19(14-16-8-6-5-7-9-16)22-20(23)15(2)27-18-12-10-17(25-3)11-13-18/h5-13,15,19H,4,14H2,1-3H3,(H,22,23). The fraction of sp³-hybridized carbons (Fsp3) is 0.333. The van der Waals surface area contributed by atoms with E-state index < -0.39 is 18.1 Å². The summed E-state index contributed by atoms with van der Waals surface area (Å²) in [5.41, 5.74) is 0.930. The Morgan fingerprint density at radius 1 is 1.00 bits per heavy atom. The van der Waals surface area contributed by atoms with Gasteiger partial charge in [-0.1, -0.05) is 30.3 Å². The Balaban J connectivity index is 2.01. The van der Waals surface area contributed by atoms with Gasteiger partial charge in [-0.2, -0.15) is 0 Å². The number of ether oxygens (including phenoxy) is 3. The van der Waals surface area contributed by atoms with Crippen molar-refractivity contribution in [3.8, 4) is 11.5 Å². The molecule has 144 valence electrons. The highest BCUT2D eigenvalue weighted by Crippen LogP contribution is 2.18. The van der Waals surface area contributed by atoms with Gasteiger partial charge in [-0.25, -0.2) is 4.79 Å². The van der Waals surface area contributed by atoms with E-state index in [-0.39, 0.29) is 12.5 Å². The second-order valence-electron chi connectivity index (χ2n) is 5.94. The van der Waals surface area contributed by atoms with Crippen LogP contribution in [-0.4, -0.2) is 37.7 Å². The van der Waals surface area contributed by atoms with Crippen LogP contribution in [-0.2, 0) is 20.7 Å². The van der Waals surface area contributed by atoms with Gasteiger partial charge in [0.25, 0.3) is 5.91 Å². The summed E-state index contributed by atoms with van der Waals surface area (Å²) in [5.74, 6) is 0.380. The minimum atomic E-state index is -0.776. The number of hydrogen-bond donors (Lipinski definition) is 1. The minimum absolute atomic E-state index is 0.248. The first-order chi connectivity index (χ1) is 13.0. The zero-order chi connectivity index (χ0) is 19.6. The maximum Gasteiger partial charge on any atom is 0.328 e. The zero-order valence-electron chi connectivity index (χ0n) is 15.8. The SMILES string of the molecule is CCOC(=O)C(Cc1ccccc1)NC(=O)C(C)Oc1ccc(OC)cc1. The number of nitrogens with one attached hydrogen (secondary N) is 1.